The van der Waals surface area contributed by atoms with E-state index in [1.54, 1.807) is 0 Å². The lowest BCUT2D eigenvalue weighted by Crippen LogP contribution is -2.53. The number of likely N-dealkylation sites (tertiary alicyclic amines) is 1. The molecule has 0 aliphatic carbocycles. The average Bonchev–Trinajstić information content (AvgIpc) is 2.27. The molecule has 1 aliphatic rings. The predicted molar refractivity (Wildman–Crippen MR) is 66.5 cm³/mol. The van der Waals surface area contributed by atoms with E-state index in [-0.39, 0.29) is 18.9 Å². The summed E-state index contributed by atoms with van der Waals surface area (Å²) in [5.41, 5.74) is 5.29. The minimum atomic E-state index is -4.11. The van der Waals surface area contributed by atoms with Crippen LogP contribution in [-0.4, -0.2) is 48.7 Å². The second kappa shape index (κ2) is 6.56. The zero-order valence-corrected chi connectivity index (χ0v) is 11.3. The monoisotopic (exact) mass is 281 g/mol. The van der Waals surface area contributed by atoms with Crippen molar-refractivity contribution in [2.75, 3.05) is 19.6 Å². The number of primary amides is 1. The molecule has 19 heavy (non-hydrogen) atoms. The summed E-state index contributed by atoms with van der Waals surface area (Å²) in [5.74, 6) is -1.68. The number of halogens is 3. The van der Waals surface area contributed by atoms with Crippen LogP contribution in [0.3, 0.4) is 0 Å². The van der Waals surface area contributed by atoms with Gasteiger partial charge >= 0.3 is 6.18 Å². The van der Waals surface area contributed by atoms with Gasteiger partial charge in [0.25, 0.3) is 0 Å². The number of hydrogen-bond acceptors (Lipinski definition) is 3. The van der Waals surface area contributed by atoms with Gasteiger partial charge in [0.15, 0.2) is 0 Å². The molecule has 0 saturated carbocycles. The highest BCUT2D eigenvalue weighted by Crippen LogP contribution is 2.33. The van der Waals surface area contributed by atoms with Crippen LogP contribution < -0.4 is 11.1 Å². The van der Waals surface area contributed by atoms with Gasteiger partial charge in [0.2, 0.25) is 5.91 Å². The summed E-state index contributed by atoms with van der Waals surface area (Å²) < 4.78 is 37.6. The van der Waals surface area contributed by atoms with Crippen molar-refractivity contribution >= 4 is 5.91 Å². The summed E-state index contributed by atoms with van der Waals surface area (Å²) in [6.45, 7) is 4.87. The van der Waals surface area contributed by atoms with Gasteiger partial charge in [-0.25, -0.2) is 0 Å². The number of carbonyl (C=O) groups is 1. The minimum absolute atomic E-state index is 0.0939. The van der Waals surface area contributed by atoms with Crippen LogP contribution in [0.4, 0.5) is 13.2 Å². The van der Waals surface area contributed by atoms with Crippen molar-refractivity contribution in [2.24, 2.45) is 11.7 Å². The van der Waals surface area contributed by atoms with Crippen molar-refractivity contribution < 1.29 is 18.0 Å². The third kappa shape index (κ3) is 5.36. The Bertz CT molecular complexity index is 299. The molecule has 0 bridgehead atoms. The Morgan fingerprint density at radius 2 is 1.89 bits per heavy atom. The lowest BCUT2D eigenvalue weighted by Gasteiger charge is -2.34. The number of nitrogens with two attached hydrogens (primary N) is 1. The van der Waals surface area contributed by atoms with Gasteiger partial charge in [-0.05, 0) is 25.9 Å². The Labute approximate surface area is 111 Å². The van der Waals surface area contributed by atoms with Gasteiger partial charge < -0.3 is 16.0 Å². The van der Waals surface area contributed by atoms with E-state index in [2.05, 4.69) is 5.32 Å². The number of amides is 1. The molecule has 1 saturated heterocycles. The summed E-state index contributed by atoms with van der Waals surface area (Å²) in [5, 5.41) is 3.03. The van der Waals surface area contributed by atoms with Crippen LogP contribution >= 0.6 is 0 Å². The van der Waals surface area contributed by atoms with E-state index >= 15 is 0 Å². The van der Waals surface area contributed by atoms with Crippen molar-refractivity contribution in [1.29, 1.82) is 0 Å². The zero-order chi connectivity index (χ0) is 14.6. The van der Waals surface area contributed by atoms with Crippen LogP contribution in [0.1, 0.15) is 26.7 Å². The maximum Gasteiger partial charge on any atom is 0.391 e. The number of nitrogens with one attached hydrogen (secondary N) is 1. The number of carbonyl (C=O) groups excluding carboxylic acids is 1. The standard InChI is InChI=1S/C12H22F3N3O/c1-8(2)17-10(11(16)19)7-18-5-3-9(4-6-18)12(13,14)15/h8-10,17H,3-7H2,1-2H3,(H2,16,19). The molecular weight excluding hydrogens is 259 g/mol. The molecule has 0 spiro atoms. The molecule has 0 aromatic rings. The Hall–Kier alpha value is -0.820. The molecule has 4 nitrogen and oxygen atoms in total. The van der Waals surface area contributed by atoms with Crippen molar-refractivity contribution in [3.63, 3.8) is 0 Å². The molecule has 0 aromatic carbocycles. The fraction of sp³-hybridized carbons (Fsp3) is 0.917. The van der Waals surface area contributed by atoms with Crippen LogP contribution in [-0.2, 0) is 4.79 Å². The van der Waals surface area contributed by atoms with Crippen molar-refractivity contribution in [1.82, 2.24) is 10.2 Å². The normalized spacial score (nSPS) is 20.7. The van der Waals surface area contributed by atoms with Gasteiger partial charge in [-0.15, -0.1) is 0 Å². The Morgan fingerprint density at radius 3 is 2.26 bits per heavy atom. The second-order valence-corrected chi connectivity index (χ2v) is 5.39. The Balaban J connectivity index is 2.44. The second-order valence-electron chi connectivity index (χ2n) is 5.39. The topological polar surface area (TPSA) is 58.4 Å². The maximum absolute atomic E-state index is 12.5. The van der Waals surface area contributed by atoms with Gasteiger partial charge in [0.05, 0.1) is 12.0 Å². The highest BCUT2D eigenvalue weighted by molar-refractivity contribution is 5.80. The van der Waals surface area contributed by atoms with E-state index in [9.17, 15) is 18.0 Å². The summed E-state index contributed by atoms with van der Waals surface area (Å²) in [4.78, 5) is 13.2. The maximum atomic E-state index is 12.5. The highest BCUT2D eigenvalue weighted by atomic mass is 19.4. The summed E-state index contributed by atoms with van der Waals surface area (Å²) in [6, 6.07) is -0.410. The molecule has 1 atom stereocenters. The van der Waals surface area contributed by atoms with Crippen molar-refractivity contribution in [3.8, 4) is 0 Å². The number of hydrogen-bond donors (Lipinski definition) is 2. The molecule has 1 aliphatic heterocycles. The molecule has 1 amide bonds. The SMILES string of the molecule is CC(C)NC(CN1CCC(C(F)(F)F)CC1)C(N)=O. The molecule has 1 heterocycles. The minimum Gasteiger partial charge on any atom is -0.368 e. The van der Waals surface area contributed by atoms with E-state index in [4.69, 9.17) is 5.73 Å². The van der Waals surface area contributed by atoms with E-state index in [0.717, 1.165) is 0 Å². The van der Waals surface area contributed by atoms with Crippen molar-refractivity contribution in [3.05, 3.63) is 0 Å². The summed E-state index contributed by atoms with van der Waals surface area (Å²) >= 11 is 0. The molecule has 7 heteroatoms. The van der Waals surface area contributed by atoms with Crippen LogP contribution in [0.25, 0.3) is 0 Å². The largest absolute Gasteiger partial charge is 0.391 e. The van der Waals surface area contributed by atoms with Crippen LogP contribution in [0, 0.1) is 5.92 Å². The smallest absolute Gasteiger partial charge is 0.368 e. The quantitative estimate of drug-likeness (QED) is 0.794. The lowest BCUT2D eigenvalue weighted by molar-refractivity contribution is -0.185. The number of alkyl halides is 3. The molecule has 1 rings (SSSR count). The van der Waals surface area contributed by atoms with Gasteiger partial charge in [0, 0.05) is 12.6 Å². The first-order chi connectivity index (χ1) is 8.70. The molecule has 112 valence electrons. The molecule has 1 fully saturated rings. The first-order valence-electron chi connectivity index (χ1n) is 6.54. The first-order valence-corrected chi connectivity index (χ1v) is 6.54. The first kappa shape index (κ1) is 16.2. The third-order valence-electron chi connectivity index (χ3n) is 3.37. The fourth-order valence-electron chi connectivity index (χ4n) is 2.33. The van der Waals surface area contributed by atoms with E-state index in [0.29, 0.717) is 19.6 Å². The number of rotatable bonds is 5. The Morgan fingerprint density at radius 1 is 1.37 bits per heavy atom. The predicted octanol–water partition coefficient (Wildman–Crippen LogP) is 1.11. The Kier molecular flexibility index (Phi) is 5.61. The molecule has 3 N–H and O–H groups in total. The molecule has 0 aromatic heterocycles. The zero-order valence-electron chi connectivity index (χ0n) is 11.3. The van der Waals surface area contributed by atoms with Crippen molar-refractivity contribution in [2.45, 2.75) is 44.9 Å². The van der Waals surface area contributed by atoms with E-state index in [1.807, 2.05) is 18.7 Å². The summed E-state index contributed by atoms with van der Waals surface area (Å²) in [7, 11) is 0. The van der Waals surface area contributed by atoms with Crippen LogP contribution in [0.15, 0.2) is 0 Å². The van der Waals surface area contributed by atoms with Gasteiger partial charge in [-0.1, -0.05) is 13.8 Å². The van der Waals surface area contributed by atoms with Crippen LogP contribution in [0.5, 0.6) is 0 Å². The number of nitrogens with zero attached hydrogens (tertiary/aromatic N) is 1. The fourth-order valence-corrected chi connectivity index (χ4v) is 2.33. The van der Waals surface area contributed by atoms with Crippen LogP contribution in [0.2, 0.25) is 0 Å². The highest BCUT2D eigenvalue weighted by Gasteiger charge is 2.41. The number of piperidine rings is 1. The van der Waals surface area contributed by atoms with Gasteiger partial charge in [-0.2, -0.15) is 13.2 Å². The summed E-state index contributed by atoms with van der Waals surface area (Å²) in [6.07, 6.45) is -3.92. The van der Waals surface area contributed by atoms with Gasteiger partial charge in [-0.3, -0.25) is 4.79 Å². The van der Waals surface area contributed by atoms with E-state index in [1.165, 1.54) is 0 Å². The lowest BCUT2D eigenvalue weighted by atomic mass is 9.96. The third-order valence-corrected chi connectivity index (χ3v) is 3.37. The molecule has 0 radical (unpaired) electrons. The van der Waals surface area contributed by atoms with E-state index < -0.39 is 24.0 Å². The van der Waals surface area contributed by atoms with Gasteiger partial charge in [0.1, 0.15) is 0 Å². The average molecular weight is 281 g/mol. The molecular formula is C12H22F3N3O. The molecule has 1 unspecified atom stereocenters.